The van der Waals surface area contributed by atoms with Gasteiger partial charge in [0.25, 0.3) is 5.91 Å². The van der Waals surface area contributed by atoms with Crippen molar-refractivity contribution in [2.75, 3.05) is 20.1 Å². The van der Waals surface area contributed by atoms with Crippen molar-refractivity contribution in [1.29, 1.82) is 0 Å². The number of likely N-dealkylation sites (N-methyl/N-ethyl adjacent to an activating group) is 1. The minimum atomic E-state index is -0.501. The lowest BCUT2D eigenvalue weighted by Gasteiger charge is -2.26. The first-order chi connectivity index (χ1) is 9.18. The third-order valence-corrected chi connectivity index (χ3v) is 3.79. The number of nitrogens with one attached hydrogen (secondary N) is 2. The predicted octanol–water partition coefficient (Wildman–Crippen LogP) is 0.573. The van der Waals surface area contributed by atoms with Crippen LogP contribution in [0.4, 0.5) is 0 Å². The van der Waals surface area contributed by atoms with E-state index in [1.807, 2.05) is 30.5 Å². The van der Waals surface area contributed by atoms with Crippen molar-refractivity contribution >= 4 is 16.8 Å². The van der Waals surface area contributed by atoms with Gasteiger partial charge in [-0.15, -0.1) is 0 Å². The highest BCUT2D eigenvalue weighted by Crippen LogP contribution is 2.20. The van der Waals surface area contributed by atoms with Gasteiger partial charge in [0.15, 0.2) is 0 Å². The fourth-order valence-corrected chi connectivity index (χ4v) is 2.66. The fraction of sp³-hybridized carbons (Fsp3) is 0.357. The molecule has 0 radical (unpaired) electrons. The van der Waals surface area contributed by atoms with Crippen molar-refractivity contribution in [2.45, 2.75) is 12.1 Å². The Morgan fingerprint density at radius 2 is 2.21 bits per heavy atom. The minimum absolute atomic E-state index is 0.0575. The van der Waals surface area contributed by atoms with Crippen LogP contribution in [0.2, 0.25) is 0 Å². The molecule has 3 rings (SSSR count). The van der Waals surface area contributed by atoms with Crippen molar-refractivity contribution in [1.82, 2.24) is 15.2 Å². The quantitative estimate of drug-likeness (QED) is 0.738. The Labute approximate surface area is 111 Å². The molecular weight excluding hydrogens is 242 g/mol. The van der Waals surface area contributed by atoms with Gasteiger partial charge in [-0.2, -0.15) is 0 Å². The summed E-state index contributed by atoms with van der Waals surface area (Å²) in [6.45, 7) is 1.17. The van der Waals surface area contributed by atoms with E-state index in [4.69, 9.17) is 0 Å². The second-order valence-corrected chi connectivity index (χ2v) is 4.95. The SMILES string of the molecule is CN(C(=O)c1cccc2[nH]ccc12)[C@@H]1CNC[C@H]1O. The Morgan fingerprint density at radius 3 is 2.95 bits per heavy atom. The smallest absolute Gasteiger partial charge is 0.254 e. The largest absolute Gasteiger partial charge is 0.390 e. The van der Waals surface area contributed by atoms with Crippen molar-refractivity contribution in [3.8, 4) is 0 Å². The molecule has 0 saturated carbocycles. The van der Waals surface area contributed by atoms with E-state index in [-0.39, 0.29) is 11.9 Å². The molecule has 1 aromatic heterocycles. The van der Waals surface area contributed by atoms with E-state index in [1.54, 1.807) is 11.9 Å². The molecule has 5 nitrogen and oxygen atoms in total. The number of carbonyl (C=O) groups is 1. The van der Waals surface area contributed by atoms with Gasteiger partial charge in [0.2, 0.25) is 0 Å². The summed E-state index contributed by atoms with van der Waals surface area (Å²) in [5.74, 6) is -0.0575. The number of carbonyl (C=O) groups excluding carboxylic acids is 1. The van der Waals surface area contributed by atoms with Crippen LogP contribution in [0.1, 0.15) is 10.4 Å². The zero-order chi connectivity index (χ0) is 13.4. The number of fused-ring (bicyclic) bond motifs is 1. The summed E-state index contributed by atoms with van der Waals surface area (Å²) in [5.41, 5.74) is 1.62. The van der Waals surface area contributed by atoms with Gasteiger partial charge in [-0.05, 0) is 18.2 Å². The van der Waals surface area contributed by atoms with E-state index in [9.17, 15) is 9.90 Å². The molecule has 2 heterocycles. The molecule has 0 spiro atoms. The number of aromatic nitrogens is 1. The van der Waals surface area contributed by atoms with Crippen LogP contribution in [0.3, 0.4) is 0 Å². The first-order valence-corrected chi connectivity index (χ1v) is 6.40. The highest BCUT2D eigenvalue weighted by Gasteiger charge is 2.31. The third kappa shape index (κ3) is 2.01. The van der Waals surface area contributed by atoms with Crippen LogP contribution in [0.5, 0.6) is 0 Å². The molecule has 1 amide bonds. The van der Waals surface area contributed by atoms with Crippen LogP contribution in [0, 0.1) is 0 Å². The van der Waals surface area contributed by atoms with Crippen LogP contribution >= 0.6 is 0 Å². The van der Waals surface area contributed by atoms with Gasteiger partial charge in [0.1, 0.15) is 0 Å². The van der Waals surface area contributed by atoms with Gasteiger partial charge in [0.05, 0.1) is 12.1 Å². The summed E-state index contributed by atoms with van der Waals surface area (Å²) in [5, 5.41) is 13.9. The molecule has 0 bridgehead atoms. The summed E-state index contributed by atoms with van der Waals surface area (Å²) in [6.07, 6.45) is 1.33. The normalized spacial score (nSPS) is 22.8. The molecule has 1 fully saturated rings. The molecule has 1 saturated heterocycles. The summed E-state index contributed by atoms with van der Waals surface area (Å²) in [6, 6.07) is 7.37. The lowest BCUT2D eigenvalue weighted by molar-refractivity contribution is 0.0583. The Morgan fingerprint density at radius 1 is 1.37 bits per heavy atom. The van der Waals surface area contributed by atoms with Crippen LogP contribution in [0.15, 0.2) is 30.5 Å². The van der Waals surface area contributed by atoms with Gasteiger partial charge in [-0.25, -0.2) is 0 Å². The minimum Gasteiger partial charge on any atom is -0.390 e. The number of H-pyrrole nitrogens is 1. The maximum absolute atomic E-state index is 12.6. The van der Waals surface area contributed by atoms with E-state index in [0.717, 1.165) is 10.9 Å². The Balaban J connectivity index is 1.93. The molecule has 3 N–H and O–H groups in total. The maximum Gasteiger partial charge on any atom is 0.254 e. The second-order valence-electron chi connectivity index (χ2n) is 4.95. The summed E-state index contributed by atoms with van der Waals surface area (Å²) >= 11 is 0. The van der Waals surface area contributed by atoms with Gasteiger partial charge in [0, 0.05) is 42.8 Å². The number of aliphatic hydroxyl groups is 1. The molecule has 0 aliphatic carbocycles. The van der Waals surface area contributed by atoms with Crippen LogP contribution in [0.25, 0.3) is 10.9 Å². The molecule has 1 aliphatic rings. The topological polar surface area (TPSA) is 68.4 Å². The van der Waals surface area contributed by atoms with E-state index in [1.165, 1.54) is 0 Å². The van der Waals surface area contributed by atoms with Gasteiger partial charge >= 0.3 is 0 Å². The monoisotopic (exact) mass is 259 g/mol. The predicted molar refractivity (Wildman–Crippen MR) is 73.1 cm³/mol. The Bertz CT molecular complexity index is 608. The van der Waals surface area contributed by atoms with Gasteiger partial charge in [-0.1, -0.05) is 6.07 Å². The summed E-state index contributed by atoms with van der Waals surface area (Å²) < 4.78 is 0. The molecular formula is C14H17N3O2. The summed E-state index contributed by atoms with van der Waals surface area (Å²) in [7, 11) is 1.74. The lowest BCUT2D eigenvalue weighted by atomic mass is 10.1. The number of hydrogen-bond acceptors (Lipinski definition) is 3. The molecule has 1 aromatic carbocycles. The summed E-state index contributed by atoms with van der Waals surface area (Å²) in [4.78, 5) is 17.3. The van der Waals surface area contributed by atoms with Crippen molar-refractivity contribution in [2.24, 2.45) is 0 Å². The van der Waals surface area contributed by atoms with E-state index in [0.29, 0.717) is 18.7 Å². The standard InChI is InChI=1S/C14H17N3O2/c1-17(12-7-15-8-13(12)18)14(19)10-3-2-4-11-9(10)5-6-16-11/h2-6,12-13,15-16,18H,7-8H2,1H3/t12-,13-/m1/s1. The number of aliphatic hydroxyl groups excluding tert-OH is 1. The van der Waals surface area contributed by atoms with Crippen LogP contribution in [-0.2, 0) is 0 Å². The Kier molecular flexibility index (Phi) is 3.00. The number of aromatic amines is 1. The third-order valence-electron chi connectivity index (χ3n) is 3.79. The molecule has 19 heavy (non-hydrogen) atoms. The zero-order valence-electron chi connectivity index (χ0n) is 10.8. The number of amides is 1. The highest BCUT2D eigenvalue weighted by molar-refractivity contribution is 6.06. The fourth-order valence-electron chi connectivity index (χ4n) is 2.66. The highest BCUT2D eigenvalue weighted by atomic mass is 16.3. The molecule has 100 valence electrons. The maximum atomic E-state index is 12.6. The van der Waals surface area contributed by atoms with E-state index < -0.39 is 6.10 Å². The molecule has 0 unspecified atom stereocenters. The molecule has 2 aromatic rings. The number of hydrogen-bond donors (Lipinski definition) is 3. The number of benzene rings is 1. The number of β-amino-alcohol motifs (C(OH)–C–C–N with tert-alkyl or cyclic N) is 1. The molecule has 2 atom stereocenters. The van der Waals surface area contributed by atoms with Crippen molar-refractivity contribution < 1.29 is 9.90 Å². The van der Waals surface area contributed by atoms with Crippen molar-refractivity contribution in [3.05, 3.63) is 36.0 Å². The van der Waals surface area contributed by atoms with E-state index >= 15 is 0 Å². The molecule has 1 aliphatic heterocycles. The average molecular weight is 259 g/mol. The second kappa shape index (κ2) is 4.68. The zero-order valence-corrected chi connectivity index (χ0v) is 10.8. The number of rotatable bonds is 2. The first-order valence-electron chi connectivity index (χ1n) is 6.40. The van der Waals surface area contributed by atoms with Crippen LogP contribution in [-0.4, -0.2) is 53.2 Å². The average Bonchev–Trinajstić information content (AvgIpc) is 3.04. The van der Waals surface area contributed by atoms with Gasteiger partial charge in [-0.3, -0.25) is 4.79 Å². The number of nitrogens with zero attached hydrogens (tertiary/aromatic N) is 1. The molecule has 5 heteroatoms. The van der Waals surface area contributed by atoms with Gasteiger partial charge < -0.3 is 20.3 Å². The van der Waals surface area contributed by atoms with Crippen LogP contribution < -0.4 is 5.32 Å². The van der Waals surface area contributed by atoms with E-state index in [2.05, 4.69) is 10.3 Å². The van der Waals surface area contributed by atoms with Crippen molar-refractivity contribution in [3.63, 3.8) is 0 Å². The lowest BCUT2D eigenvalue weighted by Crippen LogP contribution is -2.44. The Hall–Kier alpha value is -1.85. The first kappa shape index (κ1) is 12.2.